The molecule has 1 heterocycles. The molecule has 0 aliphatic rings. The largest absolute Gasteiger partial charge is 0.485 e. The third kappa shape index (κ3) is 1.96. The predicted molar refractivity (Wildman–Crippen MR) is 54.2 cm³/mol. The summed E-state index contributed by atoms with van der Waals surface area (Å²) in [4.78, 5) is 0. The highest BCUT2D eigenvalue weighted by Crippen LogP contribution is 2.17. The van der Waals surface area contributed by atoms with Crippen molar-refractivity contribution in [2.45, 2.75) is 13.5 Å². The van der Waals surface area contributed by atoms with Gasteiger partial charge in [0.15, 0.2) is 0 Å². The van der Waals surface area contributed by atoms with Gasteiger partial charge in [-0.15, -0.1) is 0 Å². The molecule has 0 aliphatic carbocycles. The zero-order valence-corrected chi connectivity index (χ0v) is 8.07. The van der Waals surface area contributed by atoms with E-state index < -0.39 is 0 Å². The minimum atomic E-state index is 0.484. The van der Waals surface area contributed by atoms with Gasteiger partial charge in [0.25, 0.3) is 0 Å². The number of rotatable bonds is 3. The Hall–Kier alpha value is -1.70. The Morgan fingerprint density at radius 3 is 2.71 bits per heavy atom. The van der Waals surface area contributed by atoms with Crippen molar-refractivity contribution < 1.29 is 9.15 Å². The van der Waals surface area contributed by atoms with E-state index in [9.17, 15) is 0 Å². The number of ether oxygens (including phenoxy) is 1. The average Bonchev–Trinajstić information content (AvgIpc) is 2.69. The molecule has 2 heteroatoms. The highest BCUT2D eigenvalue weighted by Gasteiger charge is 1.99. The monoisotopic (exact) mass is 188 g/mol. The van der Waals surface area contributed by atoms with E-state index in [1.807, 2.05) is 43.3 Å². The van der Waals surface area contributed by atoms with Gasteiger partial charge in [0.2, 0.25) is 0 Å². The number of aryl methyl sites for hydroxylation is 1. The van der Waals surface area contributed by atoms with Crippen LogP contribution in [0.3, 0.4) is 0 Å². The van der Waals surface area contributed by atoms with E-state index in [0.29, 0.717) is 6.61 Å². The van der Waals surface area contributed by atoms with Crippen molar-refractivity contribution in [3.8, 4) is 5.75 Å². The van der Waals surface area contributed by atoms with Gasteiger partial charge in [0, 0.05) is 0 Å². The molecule has 1 aromatic carbocycles. The molecule has 0 fully saturated rings. The summed E-state index contributed by atoms with van der Waals surface area (Å²) in [5.41, 5.74) is 1.14. The second-order valence-corrected chi connectivity index (χ2v) is 3.13. The van der Waals surface area contributed by atoms with Crippen LogP contribution in [0.25, 0.3) is 0 Å². The van der Waals surface area contributed by atoms with Gasteiger partial charge in [0.1, 0.15) is 18.1 Å². The lowest BCUT2D eigenvalue weighted by atomic mass is 10.2. The quantitative estimate of drug-likeness (QED) is 0.738. The Labute approximate surface area is 83.1 Å². The van der Waals surface area contributed by atoms with Crippen molar-refractivity contribution in [2.75, 3.05) is 0 Å². The molecule has 72 valence electrons. The number of hydrogen-bond donors (Lipinski definition) is 0. The van der Waals surface area contributed by atoms with Crippen LogP contribution >= 0.6 is 0 Å². The summed E-state index contributed by atoms with van der Waals surface area (Å²) in [5.74, 6) is 1.75. The van der Waals surface area contributed by atoms with Crippen LogP contribution < -0.4 is 4.74 Å². The van der Waals surface area contributed by atoms with Gasteiger partial charge < -0.3 is 9.15 Å². The van der Waals surface area contributed by atoms with Gasteiger partial charge in [-0.2, -0.15) is 0 Å². The minimum absolute atomic E-state index is 0.484. The van der Waals surface area contributed by atoms with Crippen LogP contribution in [-0.2, 0) is 6.61 Å². The summed E-state index contributed by atoms with van der Waals surface area (Å²) in [6.45, 7) is 2.51. The SMILES string of the molecule is Cc1ccccc1OCc1ccco1. The van der Waals surface area contributed by atoms with Crippen LogP contribution in [0.4, 0.5) is 0 Å². The van der Waals surface area contributed by atoms with Crippen molar-refractivity contribution in [1.29, 1.82) is 0 Å². The van der Waals surface area contributed by atoms with Crippen LogP contribution in [0, 0.1) is 6.92 Å². The van der Waals surface area contributed by atoms with Crippen molar-refractivity contribution in [3.05, 3.63) is 54.0 Å². The average molecular weight is 188 g/mol. The van der Waals surface area contributed by atoms with E-state index in [2.05, 4.69) is 0 Å². The summed E-state index contributed by atoms with van der Waals surface area (Å²) in [6.07, 6.45) is 1.65. The third-order valence-electron chi connectivity index (χ3n) is 2.04. The molecule has 0 amide bonds. The molecule has 2 nitrogen and oxygen atoms in total. The summed E-state index contributed by atoms with van der Waals surface area (Å²) in [7, 11) is 0. The zero-order chi connectivity index (χ0) is 9.80. The first-order valence-corrected chi connectivity index (χ1v) is 4.57. The Morgan fingerprint density at radius 1 is 1.14 bits per heavy atom. The topological polar surface area (TPSA) is 22.4 Å². The van der Waals surface area contributed by atoms with Crippen LogP contribution in [0.2, 0.25) is 0 Å². The van der Waals surface area contributed by atoms with Gasteiger partial charge in [-0.1, -0.05) is 18.2 Å². The smallest absolute Gasteiger partial charge is 0.146 e. The van der Waals surface area contributed by atoms with E-state index in [-0.39, 0.29) is 0 Å². The van der Waals surface area contributed by atoms with Gasteiger partial charge >= 0.3 is 0 Å². The first kappa shape index (κ1) is 8.88. The third-order valence-corrected chi connectivity index (χ3v) is 2.04. The Balaban J connectivity index is 2.02. The molecule has 0 saturated carbocycles. The van der Waals surface area contributed by atoms with Gasteiger partial charge in [-0.3, -0.25) is 0 Å². The summed E-state index contributed by atoms with van der Waals surface area (Å²) >= 11 is 0. The molecule has 0 saturated heterocycles. The van der Waals surface area contributed by atoms with E-state index >= 15 is 0 Å². The first-order valence-electron chi connectivity index (χ1n) is 4.57. The standard InChI is InChI=1S/C12H12O2/c1-10-5-2-3-7-12(10)14-9-11-6-4-8-13-11/h2-8H,9H2,1H3. The number of benzene rings is 1. The molecular formula is C12H12O2. The van der Waals surface area contributed by atoms with Gasteiger partial charge in [0.05, 0.1) is 6.26 Å². The van der Waals surface area contributed by atoms with E-state index in [0.717, 1.165) is 17.1 Å². The van der Waals surface area contributed by atoms with Crippen LogP contribution in [-0.4, -0.2) is 0 Å². The molecule has 2 rings (SSSR count). The maximum absolute atomic E-state index is 5.59. The number of furan rings is 1. The fraction of sp³-hybridized carbons (Fsp3) is 0.167. The lowest BCUT2D eigenvalue weighted by Crippen LogP contribution is -1.94. The van der Waals surface area contributed by atoms with Crippen molar-refractivity contribution in [1.82, 2.24) is 0 Å². The highest BCUT2D eigenvalue weighted by molar-refractivity contribution is 5.31. The summed E-state index contributed by atoms with van der Waals surface area (Å²) in [6, 6.07) is 11.7. The molecule has 0 radical (unpaired) electrons. The van der Waals surface area contributed by atoms with Crippen molar-refractivity contribution in [2.24, 2.45) is 0 Å². The van der Waals surface area contributed by atoms with Crippen LogP contribution in [0.15, 0.2) is 47.1 Å². The fourth-order valence-electron chi connectivity index (χ4n) is 1.26. The van der Waals surface area contributed by atoms with E-state index in [1.54, 1.807) is 6.26 Å². The fourth-order valence-corrected chi connectivity index (χ4v) is 1.26. The maximum atomic E-state index is 5.59. The van der Waals surface area contributed by atoms with Crippen LogP contribution in [0.1, 0.15) is 11.3 Å². The molecule has 0 aliphatic heterocycles. The molecule has 0 N–H and O–H groups in total. The maximum Gasteiger partial charge on any atom is 0.146 e. The minimum Gasteiger partial charge on any atom is -0.485 e. The first-order chi connectivity index (χ1) is 6.86. The zero-order valence-electron chi connectivity index (χ0n) is 8.07. The van der Waals surface area contributed by atoms with E-state index in [1.165, 1.54) is 0 Å². The lowest BCUT2D eigenvalue weighted by molar-refractivity contribution is 0.268. The Morgan fingerprint density at radius 2 is 2.00 bits per heavy atom. The Bertz CT molecular complexity index is 390. The molecular weight excluding hydrogens is 176 g/mol. The second kappa shape index (κ2) is 4.01. The lowest BCUT2D eigenvalue weighted by Gasteiger charge is -2.06. The second-order valence-electron chi connectivity index (χ2n) is 3.13. The van der Waals surface area contributed by atoms with Crippen LogP contribution in [0.5, 0.6) is 5.75 Å². The summed E-state index contributed by atoms with van der Waals surface area (Å²) < 4.78 is 10.8. The van der Waals surface area contributed by atoms with Gasteiger partial charge in [-0.25, -0.2) is 0 Å². The predicted octanol–water partition coefficient (Wildman–Crippen LogP) is 3.17. The highest BCUT2D eigenvalue weighted by atomic mass is 16.5. The molecule has 0 unspecified atom stereocenters. The number of para-hydroxylation sites is 1. The normalized spacial score (nSPS) is 10.1. The van der Waals surface area contributed by atoms with E-state index in [4.69, 9.17) is 9.15 Å². The number of hydrogen-bond acceptors (Lipinski definition) is 2. The molecule has 2 aromatic rings. The molecule has 1 aromatic heterocycles. The molecule has 0 bridgehead atoms. The van der Waals surface area contributed by atoms with Crippen molar-refractivity contribution in [3.63, 3.8) is 0 Å². The van der Waals surface area contributed by atoms with Gasteiger partial charge in [-0.05, 0) is 30.7 Å². The Kier molecular flexibility index (Phi) is 2.54. The summed E-state index contributed by atoms with van der Waals surface area (Å²) in [5, 5.41) is 0. The van der Waals surface area contributed by atoms with Crippen molar-refractivity contribution >= 4 is 0 Å². The molecule has 14 heavy (non-hydrogen) atoms. The molecule has 0 atom stereocenters. The molecule has 0 spiro atoms.